The number of amides is 3. The summed E-state index contributed by atoms with van der Waals surface area (Å²) < 4.78 is 41.7. The zero-order valence-corrected chi connectivity index (χ0v) is 31.2. The highest BCUT2D eigenvalue weighted by Gasteiger charge is 2.42. The third-order valence-corrected chi connectivity index (χ3v) is 9.07. The summed E-state index contributed by atoms with van der Waals surface area (Å²) in [7, 11) is 1.62. The lowest BCUT2D eigenvalue weighted by atomic mass is 10.0. The van der Waals surface area contributed by atoms with Crippen LogP contribution in [-0.4, -0.2) is 43.1 Å². The van der Waals surface area contributed by atoms with Crippen molar-refractivity contribution in [1.82, 2.24) is 5.32 Å². The summed E-state index contributed by atoms with van der Waals surface area (Å²) in [5.41, 5.74) is 3.80. The molecule has 0 saturated carbocycles. The van der Waals surface area contributed by atoms with Crippen molar-refractivity contribution in [3.63, 3.8) is 0 Å². The number of nitrogens with one attached hydrogen (secondary N) is 2. The molecule has 3 amide bonds. The van der Waals surface area contributed by atoms with Gasteiger partial charge in [-0.1, -0.05) is 103 Å². The highest BCUT2D eigenvalue weighted by molar-refractivity contribution is 6.34. The fourth-order valence-electron chi connectivity index (χ4n) is 5.63. The molecule has 284 valence electrons. The lowest BCUT2D eigenvalue weighted by Gasteiger charge is -2.26. The molecule has 2 atom stereocenters. The summed E-state index contributed by atoms with van der Waals surface area (Å²) in [4.78, 5) is 53.1. The quantitative estimate of drug-likeness (QED) is 0.109. The first-order chi connectivity index (χ1) is 26.3. The number of alkyl carbamates (subject to hydrolysis) is 1. The van der Waals surface area contributed by atoms with Crippen molar-refractivity contribution in [2.24, 2.45) is 0 Å². The largest absolute Gasteiger partial charge is 0.454 e. The van der Waals surface area contributed by atoms with Gasteiger partial charge in [0.25, 0.3) is 5.91 Å². The van der Waals surface area contributed by atoms with Crippen molar-refractivity contribution in [3.8, 4) is 0 Å². The Labute approximate surface area is 323 Å². The Bertz CT molecular complexity index is 2100. The van der Waals surface area contributed by atoms with Gasteiger partial charge < -0.3 is 25.0 Å². The minimum atomic E-state index is -3.61. The van der Waals surface area contributed by atoms with Gasteiger partial charge in [0.2, 0.25) is 5.91 Å². The highest BCUT2D eigenvalue weighted by Crippen LogP contribution is 2.34. The maximum absolute atomic E-state index is 15.6. The minimum Gasteiger partial charge on any atom is -0.454 e. The van der Waals surface area contributed by atoms with Crippen LogP contribution >= 0.6 is 11.6 Å². The number of benzene rings is 5. The maximum atomic E-state index is 15.6. The van der Waals surface area contributed by atoms with Crippen molar-refractivity contribution in [2.45, 2.75) is 51.4 Å². The molecule has 2 N–H and O–H groups in total. The highest BCUT2D eigenvalue weighted by atomic mass is 35.5. The van der Waals surface area contributed by atoms with Crippen LogP contribution in [0.2, 0.25) is 5.02 Å². The number of anilines is 2. The van der Waals surface area contributed by atoms with Crippen LogP contribution in [-0.2, 0) is 44.4 Å². The number of esters is 1. The summed E-state index contributed by atoms with van der Waals surface area (Å²) in [5, 5.41) is 5.65. The van der Waals surface area contributed by atoms with Crippen LogP contribution in [0.15, 0.2) is 127 Å². The van der Waals surface area contributed by atoms with E-state index in [1.807, 2.05) is 19.1 Å². The van der Waals surface area contributed by atoms with Gasteiger partial charge >= 0.3 is 18.0 Å². The molecule has 0 heterocycles. The fraction of sp³-hybridized carbons (Fsp3) is 0.209. The Morgan fingerprint density at radius 2 is 1.42 bits per heavy atom. The number of rotatable bonds is 14. The van der Waals surface area contributed by atoms with Crippen molar-refractivity contribution in [1.29, 1.82) is 0 Å². The number of carbonyl (C=O) groups excluding carboxylic acids is 4. The molecule has 0 fully saturated rings. The molecule has 0 aliphatic rings. The van der Waals surface area contributed by atoms with Gasteiger partial charge in [-0.25, -0.2) is 9.59 Å². The van der Waals surface area contributed by atoms with Crippen LogP contribution in [0.4, 0.5) is 25.0 Å². The number of carbonyl (C=O) groups is 4. The van der Waals surface area contributed by atoms with Crippen LogP contribution in [0.1, 0.15) is 45.1 Å². The third-order valence-electron chi connectivity index (χ3n) is 8.76. The summed E-state index contributed by atoms with van der Waals surface area (Å²) >= 11 is 6.33. The molecule has 55 heavy (non-hydrogen) atoms. The van der Waals surface area contributed by atoms with E-state index in [0.717, 1.165) is 18.1 Å². The van der Waals surface area contributed by atoms with E-state index in [-0.39, 0.29) is 25.4 Å². The zero-order chi connectivity index (χ0) is 39.5. The molecular formula is C43H40ClF2N3O6. The van der Waals surface area contributed by atoms with Gasteiger partial charge in [-0.2, -0.15) is 8.78 Å². The lowest BCUT2D eigenvalue weighted by Crippen LogP contribution is -2.46. The van der Waals surface area contributed by atoms with Crippen molar-refractivity contribution < 1.29 is 37.4 Å². The van der Waals surface area contributed by atoms with E-state index in [2.05, 4.69) is 10.6 Å². The van der Waals surface area contributed by atoms with Gasteiger partial charge in [-0.3, -0.25) is 9.59 Å². The van der Waals surface area contributed by atoms with E-state index in [9.17, 15) is 19.2 Å². The van der Waals surface area contributed by atoms with Gasteiger partial charge in [0.15, 0.2) is 6.10 Å². The molecule has 0 radical (unpaired) electrons. The average Bonchev–Trinajstić information content (AvgIpc) is 3.17. The van der Waals surface area contributed by atoms with E-state index >= 15 is 8.78 Å². The molecule has 5 rings (SSSR count). The second kappa shape index (κ2) is 18.3. The number of ether oxygens (including phenoxy) is 2. The van der Waals surface area contributed by atoms with E-state index in [1.54, 1.807) is 98.0 Å². The first-order valence-corrected chi connectivity index (χ1v) is 17.8. The molecule has 9 nitrogen and oxygen atoms in total. The maximum Gasteiger partial charge on any atom is 0.408 e. The zero-order valence-electron chi connectivity index (χ0n) is 30.4. The normalized spacial score (nSPS) is 12.2. The Hall–Kier alpha value is -6.07. The van der Waals surface area contributed by atoms with E-state index in [0.29, 0.717) is 33.1 Å². The molecule has 0 aliphatic carbocycles. The lowest BCUT2D eigenvalue weighted by molar-refractivity contribution is -0.175. The summed E-state index contributed by atoms with van der Waals surface area (Å²) in [6.45, 7) is 2.92. The molecule has 0 saturated heterocycles. The summed E-state index contributed by atoms with van der Waals surface area (Å²) in [5.74, 6) is -5.35. The van der Waals surface area contributed by atoms with Crippen LogP contribution in [0.3, 0.4) is 0 Å². The van der Waals surface area contributed by atoms with Gasteiger partial charge in [-0.05, 0) is 72.5 Å². The summed E-state index contributed by atoms with van der Waals surface area (Å²) in [6.07, 6.45) is -2.93. The Kier molecular flexibility index (Phi) is 13.4. The van der Waals surface area contributed by atoms with Gasteiger partial charge in [-0.15, -0.1) is 0 Å². The molecule has 0 bridgehead atoms. The van der Waals surface area contributed by atoms with E-state index in [4.69, 9.17) is 21.1 Å². The minimum absolute atomic E-state index is 0.0158. The fourth-order valence-corrected chi connectivity index (χ4v) is 6.00. The van der Waals surface area contributed by atoms with E-state index in [1.165, 1.54) is 29.2 Å². The Morgan fingerprint density at radius 3 is 2.04 bits per heavy atom. The molecule has 0 aromatic heterocycles. The average molecular weight is 768 g/mol. The smallest absolute Gasteiger partial charge is 0.408 e. The summed E-state index contributed by atoms with van der Waals surface area (Å²) in [6, 6.07) is 33.3. The Balaban J connectivity index is 1.16. The number of alkyl halides is 2. The second-order valence-electron chi connectivity index (χ2n) is 13.0. The molecule has 0 unspecified atom stereocenters. The first-order valence-electron chi connectivity index (χ1n) is 17.4. The number of aryl methyl sites for hydroxylation is 1. The molecule has 5 aromatic rings. The number of hydrogen-bond acceptors (Lipinski definition) is 6. The van der Waals surface area contributed by atoms with Gasteiger partial charge in [0.05, 0.1) is 17.1 Å². The molecule has 0 aliphatic heterocycles. The van der Waals surface area contributed by atoms with Crippen LogP contribution in [0.5, 0.6) is 0 Å². The number of nitrogens with zero attached hydrogens (tertiary/aromatic N) is 1. The number of halogens is 3. The van der Waals surface area contributed by atoms with Crippen LogP contribution in [0.25, 0.3) is 0 Å². The van der Waals surface area contributed by atoms with Gasteiger partial charge in [0, 0.05) is 30.3 Å². The monoisotopic (exact) mass is 767 g/mol. The van der Waals surface area contributed by atoms with Crippen LogP contribution in [0, 0.1) is 6.92 Å². The first kappa shape index (κ1) is 40.1. The van der Waals surface area contributed by atoms with Crippen molar-refractivity contribution in [2.75, 3.05) is 17.3 Å². The molecule has 5 aromatic carbocycles. The predicted octanol–water partition coefficient (Wildman–Crippen LogP) is 8.67. The Morgan fingerprint density at radius 1 is 0.800 bits per heavy atom. The van der Waals surface area contributed by atoms with Crippen molar-refractivity contribution >= 4 is 46.9 Å². The number of hydrogen-bond donors (Lipinski definition) is 2. The molecular weight excluding hydrogens is 728 g/mol. The SMILES string of the molecule is Cc1ccc(N(C)C(=O)c2ccc(NC(=O)Cc3ccc(C(F)(F)[C@@H](C)OC(=O)[C@H](Cc4ccccc4)NC(=O)OCc4ccccc4)cc3)cc2)c(Cl)c1. The van der Waals surface area contributed by atoms with Gasteiger partial charge in [0.1, 0.15) is 12.6 Å². The third kappa shape index (κ3) is 11.0. The standard InChI is InChI=1S/C43H40ClF2N3O6/c1-28-14-23-38(36(44)24-28)49(3)40(51)33-17-21-35(22-18-33)47-39(50)26-31-15-19-34(20-16-31)43(45,46)29(2)55-41(52)37(25-30-10-6-4-7-11-30)48-42(53)54-27-32-12-8-5-9-13-32/h4-24,29,37H,25-27H2,1-3H3,(H,47,50)(H,48,53)/t29-,37+/m1/s1. The predicted molar refractivity (Wildman–Crippen MR) is 207 cm³/mol. The topological polar surface area (TPSA) is 114 Å². The van der Waals surface area contributed by atoms with E-state index < -0.39 is 41.6 Å². The van der Waals surface area contributed by atoms with Crippen LogP contribution < -0.4 is 15.5 Å². The van der Waals surface area contributed by atoms with Crippen molar-refractivity contribution in [3.05, 3.63) is 166 Å². The second-order valence-corrected chi connectivity index (χ2v) is 13.4. The molecule has 0 spiro atoms. The molecule has 12 heteroatoms.